The van der Waals surface area contributed by atoms with Crippen LogP contribution in [0.15, 0.2) is 24.4 Å². The van der Waals surface area contributed by atoms with Crippen molar-refractivity contribution in [3.8, 4) is 11.1 Å². The van der Waals surface area contributed by atoms with E-state index in [9.17, 15) is 14.3 Å². The minimum absolute atomic E-state index is 0.0343. The zero-order chi connectivity index (χ0) is 20.0. The summed E-state index contributed by atoms with van der Waals surface area (Å²) >= 11 is 5.35. The summed E-state index contributed by atoms with van der Waals surface area (Å²) in [6, 6.07) is 4.78. The van der Waals surface area contributed by atoms with Crippen molar-refractivity contribution in [2.45, 2.75) is 38.8 Å². The lowest BCUT2D eigenvalue weighted by Crippen LogP contribution is -2.26. The molecule has 1 aromatic carbocycles. The third-order valence-electron chi connectivity index (χ3n) is 5.04. The van der Waals surface area contributed by atoms with Crippen LogP contribution < -0.4 is 5.32 Å². The fraction of sp³-hybridized carbons (Fsp3) is 0.350. The molecule has 0 aliphatic heterocycles. The van der Waals surface area contributed by atoms with Crippen LogP contribution in [0.5, 0.6) is 0 Å². The second kappa shape index (κ2) is 7.10. The van der Waals surface area contributed by atoms with Gasteiger partial charge in [-0.2, -0.15) is 0 Å². The minimum atomic E-state index is -0.532. The highest BCUT2D eigenvalue weighted by atomic mass is 32.1. The number of aliphatic hydroxyl groups excluding tert-OH is 1. The Morgan fingerprint density at radius 3 is 2.89 bits per heavy atom. The van der Waals surface area contributed by atoms with Gasteiger partial charge in [-0.25, -0.2) is 9.37 Å². The Morgan fingerprint density at radius 1 is 1.46 bits per heavy atom. The van der Waals surface area contributed by atoms with Gasteiger partial charge in [0.15, 0.2) is 10.4 Å². The van der Waals surface area contributed by atoms with E-state index < -0.39 is 11.7 Å². The van der Waals surface area contributed by atoms with Crippen molar-refractivity contribution in [3.05, 3.63) is 46.1 Å². The van der Waals surface area contributed by atoms with Gasteiger partial charge in [-0.1, -0.05) is 0 Å². The van der Waals surface area contributed by atoms with E-state index in [1.807, 2.05) is 13.0 Å². The highest BCUT2D eigenvalue weighted by Crippen LogP contribution is 2.29. The van der Waals surface area contributed by atoms with Crippen LogP contribution in [0, 0.1) is 17.5 Å². The minimum Gasteiger partial charge on any atom is -0.394 e. The second-order valence-corrected chi connectivity index (χ2v) is 7.71. The number of aryl methyl sites for hydroxylation is 1. The molecule has 0 bridgehead atoms. The number of hydrogen-bond acceptors (Lipinski definition) is 4. The maximum atomic E-state index is 14.4. The van der Waals surface area contributed by atoms with Crippen molar-refractivity contribution in [2.75, 3.05) is 6.61 Å². The molecule has 2 aromatic heterocycles. The van der Waals surface area contributed by atoms with Crippen molar-refractivity contribution >= 4 is 29.3 Å². The van der Waals surface area contributed by atoms with Gasteiger partial charge in [0.25, 0.3) is 5.91 Å². The summed E-state index contributed by atoms with van der Waals surface area (Å²) < 4.78 is 16.6. The maximum absolute atomic E-state index is 14.4. The molecule has 6 nitrogen and oxygen atoms in total. The lowest BCUT2D eigenvalue weighted by Gasteiger charge is -2.12. The van der Waals surface area contributed by atoms with Crippen LogP contribution in [-0.4, -0.2) is 38.2 Å². The van der Waals surface area contributed by atoms with Crippen LogP contribution in [0.2, 0.25) is 0 Å². The molecule has 8 heteroatoms. The number of amides is 1. The van der Waals surface area contributed by atoms with Crippen molar-refractivity contribution in [3.63, 3.8) is 0 Å². The van der Waals surface area contributed by atoms with Gasteiger partial charge in [0, 0.05) is 17.8 Å². The van der Waals surface area contributed by atoms with Crippen LogP contribution in [0.4, 0.5) is 4.39 Å². The van der Waals surface area contributed by atoms with Gasteiger partial charge in [0.1, 0.15) is 5.82 Å². The zero-order valence-corrected chi connectivity index (χ0v) is 16.4. The van der Waals surface area contributed by atoms with Crippen molar-refractivity contribution in [2.24, 2.45) is 0 Å². The third kappa shape index (κ3) is 3.33. The number of pyridine rings is 1. The number of aromatic amines is 1. The van der Waals surface area contributed by atoms with E-state index in [1.165, 1.54) is 6.07 Å². The molecule has 1 unspecified atom stereocenters. The molecule has 0 saturated heterocycles. The summed E-state index contributed by atoms with van der Waals surface area (Å²) in [6.45, 7) is 3.60. The van der Waals surface area contributed by atoms with Gasteiger partial charge in [0.2, 0.25) is 0 Å². The number of nitrogens with zero attached hydrogens (tertiary/aromatic N) is 2. The fourth-order valence-corrected chi connectivity index (χ4v) is 3.68. The SMILES string of the molecule is Cc1cc(F)c(C(=O)NC2CC2)cc1-c1cnc2c(c1)[nH]c(=S)n2C(C)CO. The van der Waals surface area contributed by atoms with Crippen molar-refractivity contribution in [1.82, 2.24) is 19.9 Å². The highest BCUT2D eigenvalue weighted by Gasteiger charge is 2.25. The Bertz CT molecular complexity index is 1130. The van der Waals surface area contributed by atoms with Gasteiger partial charge < -0.3 is 15.4 Å². The molecule has 1 saturated carbocycles. The first-order chi connectivity index (χ1) is 13.4. The number of nitrogens with one attached hydrogen (secondary N) is 2. The number of halogens is 1. The topological polar surface area (TPSA) is 82.9 Å². The molecule has 1 atom stereocenters. The summed E-state index contributed by atoms with van der Waals surface area (Å²) in [5.41, 5.74) is 3.59. The monoisotopic (exact) mass is 400 g/mol. The average Bonchev–Trinajstić information content (AvgIpc) is 3.40. The van der Waals surface area contributed by atoms with Gasteiger partial charge >= 0.3 is 0 Å². The largest absolute Gasteiger partial charge is 0.394 e. The molecule has 1 aliphatic rings. The Balaban J connectivity index is 1.79. The number of rotatable bonds is 5. The Hall–Kier alpha value is -2.58. The van der Waals surface area contributed by atoms with Crippen LogP contribution in [0.3, 0.4) is 0 Å². The normalized spacial score (nSPS) is 15.0. The van der Waals surface area contributed by atoms with E-state index in [4.69, 9.17) is 12.2 Å². The Kier molecular flexibility index (Phi) is 4.76. The predicted molar refractivity (Wildman–Crippen MR) is 107 cm³/mol. The summed E-state index contributed by atoms with van der Waals surface area (Å²) in [5.74, 6) is -0.923. The maximum Gasteiger partial charge on any atom is 0.254 e. The van der Waals surface area contributed by atoms with Gasteiger partial charge in [-0.15, -0.1) is 0 Å². The first-order valence-corrected chi connectivity index (χ1v) is 9.62. The van der Waals surface area contributed by atoms with Crippen LogP contribution in [0.1, 0.15) is 41.7 Å². The number of aliphatic hydroxyl groups is 1. The number of carbonyl (C=O) groups is 1. The van der Waals surface area contributed by atoms with Gasteiger partial charge in [-0.3, -0.25) is 9.36 Å². The lowest BCUT2D eigenvalue weighted by atomic mass is 9.98. The van der Waals surface area contributed by atoms with Crippen LogP contribution >= 0.6 is 12.2 Å². The molecule has 146 valence electrons. The fourth-order valence-electron chi connectivity index (χ4n) is 3.30. The molecule has 28 heavy (non-hydrogen) atoms. The third-order valence-corrected chi connectivity index (χ3v) is 5.34. The molecule has 0 radical (unpaired) electrons. The molecule has 1 fully saturated rings. The first kappa shape index (κ1) is 18.8. The number of H-pyrrole nitrogens is 1. The van der Waals surface area contributed by atoms with Crippen LogP contribution in [0.25, 0.3) is 22.3 Å². The molecule has 3 N–H and O–H groups in total. The number of fused-ring (bicyclic) bond motifs is 1. The average molecular weight is 400 g/mol. The molecule has 3 aromatic rings. The standard InChI is InChI=1S/C20H21FN4O2S/c1-10-5-16(21)15(19(27)23-13-3-4-13)7-14(10)12-6-17-18(22-8-12)25(11(2)9-26)20(28)24-17/h5-8,11,13,26H,3-4,9H2,1-2H3,(H,23,27)(H,24,28). The van der Waals surface area contributed by atoms with Gasteiger partial charge in [0.05, 0.1) is 23.7 Å². The van der Waals surface area contributed by atoms with E-state index >= 15 is 0 Å². The smallest absolute Gasteiger partial charge is 0.254 e. The van der Waals surface area contributed by atoms with E-state index in [1.54, 1.807) is 23.8 Å². The summed E-state index contributed by atoms with van der Waals surface area (Å²) in [6.07, 6.45) is 3.55. The molecule has 1 aliphatic carbocycles. The van der Waals surface area contributed by atoms with Crippen molar-refractivity contribution < 1.29 is 14.3 Å². The lowest BCUT2D eigenvalue weighted by molar-refractivity contribution is 0.0947. The molecule has 4 rings (SSSR count). The molecule has 1 amide bonds. The summed E-state index contributed by atoms with van der Waals surface area (Å²) in [4.78, 5) is 20.0. The summed E-state index contributed by atoms with van der Waals surface area (Å²) in [7, 11) is 0. The zero-order valence-electron chi connectivity index (χ0n) is 15.6. The van der Waals surface area contributed by atoms with E-state index in [0.717, 1.165) is 29.5 Å². The number of imidazole rings is 1. The Morgan fingerprint density at radius 2 is 2.21 bits per heavy atom. The molecular weight excluding hydrogens is 379 g/mol. The number of benzene rings is 1. The quantitative estimate of drug-likeness (QED) is 0.571. The van der Waals surface area contributed by atoms with Crippen molar-refractivity contribution in [1.29, 1.82) is 0 Å². The second-order valence-electron chi connectivity index (χ2n) is 7.32. The van der Waals surface area contributed by atoms with E-state index in [0.29, 0.717) is 16.0 Å². The van der Waals surface area contributed by atoms with E-state index in [2.05, 4.69) is 15.3 Å². The number of carbonyl (C=O) groups excluding carboxylic acids is 1. The molecule has 2 heterocycles. The highest BCUT2D eigenvalue weighted by molar-refractivity contribution is 7.71. The summed E-state index contributed by atoms with van der Waals surface area (Å²) in [5, 5.41) is 12.3. The molecule has 0 spiro atoms. The van der Waals surface area contributed by atoms with E-state index in [-0.39, 0.29) is 24.3 Å². The Labute approximate surface area is 166 Å². The number of hydrogen-bond donors (Lipinski definition) is 3. The molecular formula is C20H21FN4O2S. The first-order valence-electron chi connectivity index (χ1n) is 9.21. The van der Waals surface area contributed by atoms with Crippen LogP contribution in [-0.2, 0) is 0 Å². The van der Waals surface area contributed by atoms with Gasteiger partial charge in [-0.05, 0) is 68.2 Å². The number of aromatic nitrogens is 3. The predicted octanol–water partition coefficient (Wildman–Crippen LogP) is 3.65.